The van der Waals surface area contributed by atoms with Gasteiger partial charge in [-0.25, -0.2) is 0 Å². The number of hydrogen-bond acceptors (Lipinski definition) is 3. The standard InChI is InChI=1S/C12H13BrN2S/c1-8-3-2-4-11(12(8)14)15-6-10-5-9(13)7-16-10/h2-5,7,15H,6,14H2,1H3. The van der Waals surface area contributed by atoms with E-state index < -0.39 is 0 Å². The van der Waals surface area contributed by atoms with Crippen molar-refractivity contribution in [2.45, 2.75) is 13.5 Å². The number of nitrogens with one attached hydrogen (secondary N) is 1. The van der Waals surface area contributed by atoms with Gasteiger partial charge in [0.2, 0.25) is 0 Å². The van der Waals surface area contributed by atoms with Crippen LogP contribution in [0.4, 0.5) is 11.4 Å². The monoisotopic (exact) mass is 296 g/mol. The molecule has 0 bridgehead atoms. The lowest BCUT2D eigenvalue weighted by Crippen LogP contribution is -2.02. The summed E-state index contributed by atoms with van der Waals surface area (Å²) in [5.41, 5.74) is 8.93. The molecule has 4 heteroatoms. The van der Waals surface area contributed by atoms with Crippen LogP contribution in [0.5, 0.6) is 0 Å². The van der Waals surface area contributed by atoms with E-state index >= 15 is 0 Å². The van der Waals surface area contributed by atoms with Crippen molar-refractivity contribution in [3.8, 4) is 0 Å². The molecule has 16 heavy (non-hydrogen) atoms. The number of anilines is 2. The van der Waals surface area contributed by atoms with Gasteiger partial charge in [-0.3, -0.25) is 0 Å². The van der Waals surface area contributed by atoms with E-state index in [1.807, 2.05) is 25.1 Å². The summed E-state index contributed by atoms with van der Waals surface area (Å²) in [7, 11) is 0. The van der Waals surface area contributed by atoms with Crippen molar-refractivity contribution in [1.29, 1.82) is 0 Å². The van der Waals surface area contributed by atoms with Crippen molar-refractivity contribution >= 4 is 38.6 Å². The molecule has 84 valence electrons. The minimum absolute atomic E-state index is 0.809. The van der Waals surface area contributed by atoms with Gasteiger partial charge in [0.15, 0.2) is 0 Å². The molecule has 1 heterocycles. The molecule has 3 N–H and O–H groups in total. The normalized spacial score (nSPS) is 10.4. The van der Waals surface area contributed by atoms with Crippen LogP contribution in [-0.2, 0) is 6.54 Å². The third-order valence-corrected chi connectivity index (χ3v) is 4.10. The average molecular weight is 297 g/mol. The summed E-state index contributed by atoms with van der Waals surface area (Å²) < 4.78 is 1.13. The largest absolute Gasteiger partial charge is 0.397 e. The molecule has 0 aliphatic heterocycles. The zero-order valence-corrected chi connectivity index (χ0v) is 11.4. The van der Waals surface area contributed by atoms with Gasteiger partial charge in [-0.2, -0.15) is 0 Å². The van der Waals surface area contributed by atoms with Crippen LogP contribution in [0.25, 0.3) is 0 Å². The summed E-state index contributed by atoms with van der Waals surface area (Å²) in [6, 6.07) is 8.15. The molecule has 2 nitrogen and oxygen atoms in total. The highest BCUT2D eigenvalue weighted by molar-refractivity contribution is 9.10. The highest BCUT2D eigenvalue weighted by Gasteiger charge is 2.02. The Labute approximate surface area is 108 Å². The molecule has 0 saturated heterocycles. The summed E-state index contributed by atoms with van der Waals surface area (Å²) in [6.45, 7) is 2.83. The Balaban J connectivity index is 2.07. The summed E-state index contributed by atoms with van der Waals surface area (Å²) in [5, 5.41) is 5.43. The number of halogens is 1. The SMILES string of the molecule is Cc1cccc(NCc2cc(Br)cs2)c1N. The van der Waals surface area contributed by atoms with E-state index in [0.29, 0.717) is 0 Å². The van der Waals surface area contributed by atoms with Crippen LogP contribution in [0, 0.1) is 6.92 Å². The van der Waals surface area contributed by atoms with Crippen molar-refractivity contribution in [2.75, 3.05) is 11.1 Å². The lowest BCUT2D eigenvalue weighted by atomic mass is 10.2. The van der Waals surface area contributed by atoms with Gasteiger partial charge < -0.3 is 11.1 Å². The van der Waals surface area contributed by atoms with Crippen LogP contribution in [0.15, 0.2) is 34.1 Å². The van der Waals surface area contributed by atoms with Gasteiger partial charge in [0.05, 0.1) is 11.4 Å². The van der Waals surface area contributed by atoms with Crippen molar-refractivity contribution < 1.29 is 0 Å². The maximum Gasteiger partial charge on any atom is 0.0579 e. The van der Waals surface area contributed by atoms with Crippen molar-refractivity contribution in [1.82, 2.24) is 0 Å². The molecule has 0 aliphatic carbocycles. The maximum atomic E-state index is 5.98. The molecule has 0 radical (unpaired) electrons. The number of rotatable bonds is 3. The quantitative estimate of drug-likeness (QED) is 0.840. The third kappa shape index (κ3) is 2.57. The van der Waals surface area contributed by atoms with Crippen LogP contribution in [0.2, 0.25) is 0 Å². The molecule has 0 spiro atoms. The summed E-state index contributed by atoms with van der Waals surface area (Å²) in [5.74, 6) is 0. The van der Waals surface area contributed by atoms with E-state index in [4.69, 9.17) is 5.73 Å². The predicted octanol–water partition coefficient (Wildman–Crippen LogP) is 4.01. The number of nitrogens with two attached hydrogens (primary N) is 1. The van der Waals surface area contributed by atoms with Crippen LogP contribution in [0.3, 0.4) is 0 Å². The zero-order chi connectivity index (χ0) is 11.5. The fourth-order valence-corrected chi connectivity index (χ4v) is 2.85. The molecule has 0 fully saturated rings. The highest BCUT2D eigenvalue weighted by atomic mass is 79.9. The Morgan fingerprint density at radius 3 is 2.94 bits per heavy atom. The number of nitrogen functional groups attached to an aromatic ring is 1. The molecule has 0 atom stereocenters. The Bertz CT molecular complexity index is 494. The summed E-state index contributed by atoms with van der Waals surface area (Å²) in [4.78, 5) is 1.28. The minimum atomic E-state index is 0.809. The molecule has 0 saturated carbocycles. The Hall–Kier alpha value is -1.00. The van der Waals surface area contributed by atoms with Gasteiger partial charge in [0.25, 0.3) is 0 Å². The van der Waals surface area contributed by atoms with E-state index in [9.17, 15) is 0 Å². The van der Waals surface area contributed by atoms with Crippen LogP contribution < -0.4 is 11.1 Å². The van der Waals surface area contributed by atoms with Crippen LogP contribution in [-0.4, -0.2) is 0 Å². The van der Waals surface area contributed by atoms with Gasteiger partial charge in [-0.15, -0.1) is 11.3 Å². The molecule has 0 unspecified atom stereocenters. The van der Waals surface area contributed by atoms with Gasteiger partial charge in [-0.05, 0) is 40.5 Å². The van der Waals surface area contributed by atoms with Crippen molar-refractivity contribution in [2.24, 2.45) is 0 Å². The number of benzene rings is 1. The third-order valence-electron chi connectivity index (χ3n) is 2.40. The van der Waals surface area contributed by atoms with Gasteiger partial charge in [0, 0.05) is 21.3 Å². The average Bonchev–Trinajstić information content (AvgIpc) is 2.67. The molecule has 2 rings (SSSR count). The van der Waals surface area contributed by atoms with Gasteiger partial charge in [0.1, 0.15) is 0 Å². The second-order valence-corrected chi connectivity index (χ2v) is 5.53. The van der Waals surface area contributed by atoms with E-state index in [-0.39, 0.29) is 0 Å². The number of para-hydroxylation sites is 1. The topological polar surface area (TPSA) is 38.0 Å². The summed E-state index contributed by atoms with van der Waals surface area (Å²) >= 11 is 5.17. The first-order chi connectivity index (χ1) is 7.66. The Kier molecular flexibility index (Phi) is 3.51. The first-order valence-electron chi connectivity index (χ1n) is 4.98. The first kappa shape index (κ1) is 11.5. The zero-order valence-electron chi connectivity index (χ0n) is 8.96. The van der Waals surface area contributed by atoms with Gasteiger partial charge >= 0.3 is 0 Å². The number of thiophene rings is 1. The molecule has 1 aromatic carbocycles. The molecule has 2 aromatic rings. The van der Waals surface area contributed by atoms with Crippen molar-refractivity contribution in [3.63, 3.8) is 0 Å². The minimum Gasteiger partial charge on any atom is -0.397 e. The van der Waals surface area contributed by atoms with E-state index in [2.05, 4.69) is 32.7 Å². The fourth-order valence-electron chi connectivity index (χ4n) is 1.46. The Morgan fingerprint density at radius 1 is 1.44 bits per heavy atom. The molecular weight excluding hydrogens is 284 g/mol. The number of hydrogen-bond donors (Lipinski definition) is 2. The maximum absolute atomic E-state index is 5.98. The van der Waals surface area contributed by atoms with E-state index in [1.165, 1.54) is 4.88 Å². The predicted molar refractivity (Wildman–Crippen MR) is 74.9 cm³/mol. The van der Waals surface area contributed by atoms with E-state index in [1.54, 1.807) is 11.3 Å². The molecule has 0 aliphatic rings. The van der Waals surface area contributed by atoms with Gasteiger partial charge in [-0.1, -0.05) is 12.1 Å². The lowest BCUT2D eigenvalue weighted by molar-refractivity contribution is 1.19. The molecule has 0 amide bonds. The summed E-state index contributed by atoms with van der Waals surface area (Å²) in [6.07, 6.45) is 0. The fraction of sp³-hybridized carbons (Fsp3) is 0.167. The Morgan fingerprint density at radius 2 is 2.25 bits per heavy atom. The van der Waals surface area contributed by atoms with Crippen LogP contribution in [0.1, 0.15) is 10.4 Å². The number of aryl methyl sites for hydroxylation is 1. The first-order valence-corrected chi connectivity index (χ1v) is 6.66. The van der Waals surface area contributed by atoms with E-state index in [0.717, 1.165) is 28.0 Å². The smallest absolute Gasteiger partial charge is 0.0579 e. The van der Waals surface area contributed by atoms with Crippen LogP contribution >= 0.6 is 27.3 Å². The highest BCUT2D eigenvalue weighted by Crippen LogP contribution is 2.24. The second kappa shape index (κ2) is 4.89. The molecule has 1 aromatic heterocycles. The lowest BCUT2D eigenvalue weighted by Gasteiger charge is -2.09. The van der Waals surface area contributed by atoms with Crippen molar-refractivity contribution in [3.05, 3.63) is 44.6 Å². The second-order valence-electron chi connectivity index (χ2n) is 3.62. The molecular formula is C12H13BrN2S.